The van der Waals surface area contributed by atoms with Crippen LogP contribution in [0.2, 0.25) is 0 Å². The predicted molar refractivity (Wildman–Crippen MR) is 179 cm³/mol. The summed E-state index contributed by atoms with van der Waals surface area (Å²) in [5, 5.41) is 23.3. The first-order valence-electron chi connectivity index (χ1n) is 14.8. The number of amides is 1. The number of non-ortho nitro benzene ring substituents is 2. The molecule has 228 valence electrons. The molecule has 1 amide bonds. The minimum atomic E-state index is -0.843. The molecule has 0 N–H and O–H groups in total. The smallest absolute Gasteiger partial charge is 0.277 e. The number of nitro benzene ring substituents is 2. The van der Waals surface area contributed by atoms with Gasteiger partial charge in [0.25, 0.3) is 17.3 Å². The fraction of sp³-hybridized carbons (Fsp3) is 0.132. The molecule has 0 radical (unpaired) electrons. The van der Waals surface area contributed by atoms with Crippen molar-refractivity contribution in [1.82, 2.24) is 0 Å². The van der Waals surface area contributed by atoms with Gasteiger partial charge in [0.2, 0.25) is 0 Å². The van der Waals surface area contributed by atoms with Gasteiger partial charge in [0.15, 0.2) is 0 Å². The molecule has 0 unspecified atom stereocenters. The van der Waals surface area contributed by atoms with E-state index in [4.69, 9.17) is 0 Å². The standard InChI is InChI=1S/C38H31N3O5/c1-26-25-37(2,3)39(36(42)27-21-32(40(43)44)24-33(22-27)41(45)46)35-20-19-31(23-34(26)35)38(28-13-7-4-8-14-28,29-15-9-5-10-16-29)30-17-11-6-12-18-30/h4-25H,1-3H3. The summed E-state index contributed by atoms with van der Waals surface area (Å²) in [6.07, 6.45) is 1.98. The zero-order chi connectivity index (χ0) is 32.6. The van der Waals surface area contributed by atoms with Gasteiger partial charge in [-0.25, -0.2) is 0 Å². The van der Waals surface area contributed by atoms with Crippen molar-refractivity contribution >= 4 is 28.5 Å². The molecular weight excluding hydrogens is 578 g/mol. The first kappa shape index (κ1) is 30.1. The van der Waals surface area contributed by atoms with Crippen LogP contribution in [0.1, 0.15) is 58.9 Å². The van der Waals surface area contributed by atoms with Crippen LogP contribution in [-0.4, -0.2) is 21.3 Å². The highest BCUT2D eigenvalue weighted by Crippen LogP contribution is 2.48. The molecule has 0 aliphatic carbocycles. The number of carbonyl (C=O) groups is 1. The molecule has 46 heavy (non-hydrogen) atoms. The summed E-state index contributed by atoms with van der Waals surface area (Å²) < 4.78 is 0. The Balaban J connectivity index is 1.60. The highest BCUT2D eigenvalue weighted by Gasteiger charge is 2.41. The normalized spacial score (nSPS) is 13.8. The van der Waals surface area contributed by atoms with Crippen molar-refractivity contribution in [3.8, 4) is 0 Å². The Morgan fingerprint density at radius 2 is 1.11 bits per heavy atom. The van der Waals surface area contributed by atoms with Gasteiger partial charge in [-0.2, -0.15) is 0 Å². The van der Waals surface area contributed by atoms with Crippen LogP contribution in [0.15, 0.2) is 133 Å². The predicted octanol–water partition coefficient (Wildman–Crippen LogP) is 8.73. The number of hydrogen-bond donors (Lipinski definition) is 0. The number of anilines is 1. The summed E-state index contributed by atoms with van der Waals surface area (Å²) in [6.45, 7) is 5.75. The van der Waals surface area contributed by atoms with Gasteiger partial charge < -0.3 is 0 Å². The van der Waals surface area contributed by atoms with Gasteiger partial charge in [-0.15, -0.1) is 0 Å². The maximum absolute atomic E-state index is 14.2. The van der Waals surface area contributed by atoms with Gasteiger partial charge in [0.05, 0.1) is 38.1 Å². The Bertz CT molecular complexity index is 1880. The third-order valence-electron chi connectivity index (χ3n) is 8.64. The van der Waals surface area contributed by atoms with E-state index in [2.05, 4.69) is 42.5 Å². The highest BCUT2D eigenvalue weighted by molar-refractivity contribution is 6.10. The zero-order valence-electron chi connectivity index (χ0n) is 25.6. The summed E-state index contributed by atoms with van der Waals surface area (Å²) in [7, 11) is 0. The molecule has 5 aromatic carbocycles. The van der Waals surface area contributed by atoms with Crippen LogP contribution in [0, 0.1) is 20.2 Å². The van der Waals surface area contributed by atoms with E-state index in [1.54, 1.807) is 4.90 Å². The first-order chi connectivity index (χ1) is 22.0. The minimum absolute atomic E-state index is 0.135. The SMILES string of the molecule is CC1=CC(C)(C)N(C(=O)c2cc([N+](=O)[O-])cc([N+](=O)[O-])c2)c2ccc(C(c3ccccc3)(c3ccccc3)c3ccccc3)cc21. The van der Waals surface area contributed by atoms with Crippen LogP contribution in [0.4, 0.5) is 17.1 Å². The lowest BCUT2D eigenvalue weighted by Crippen LogP contribution is -2.49. The lowest BCUT2D eigenvalue weighted by atomic mass is 9.64. The molecule has 0 atom stereocenters. The van der Waals surface area contributed by atoms with E-state index < -0.39 is 38.1 Å². The molecule has 8 nitrogen and oxygen atoms in total. The van der Waals surface area contributed by atoms with E-state index in [-0.39, 0.29) is 5.56 Å². The molecule has 0 bridgehead atoms. The number of rotatable bonds is 7. The molecule has 1 heterocycles. The number of nitrogens with zero attached hydrogens (tertiary/aromatic N) is 3. The van der Waals surface area contributed by atoms with E-state index in [0.717, 1.165) is 51.6 Å². The van der Waals surface area contributed by atoms with E-state index >= 15 is 0 Å². The van der Waals surface area contributed by atoms with Gasteiger partial charge in [0.1, 0.15) is 0 Å². The quantitative estimate of drug-likeness (QED) is 0.104. The van der Waals surface area contributed by atoms with Crippen molar-refractivity contribution in [2.45, 2.75) is 31.7 Å². The Morgan fingerprint density at radius 3 is 1.54 bits per heavy atom. The Labute approximate surface area is 266 Å². The van der Waals surface area contributed by atoms with Crippen LogP contribution in [0.25, 0.3) is 5.57 Å². The fourth-order valence-corrected chi connectivity index (χ4v) is 6.76. The van der Waals surface area contributed by atoms with Gasteiger partial charge >= 0.3 is 0 Å². The molecule has 0 spiro atoms. The Morgan fingerprint density at radius 1 is 0.652 bits per heavy atom. The summed E-state index contributed by atoms with van der Waals surface area (Å²) in [6, 6.07) is 40.0. The van der Waals surface area contributed by atoms with Crippen molar-refractivity contribution in [3.05, 3.63) is 187 Å². The number of hydrogen-bond acceptors (Lipinski definition) is 5. The third-order valence-corrected chi connectivity index (χ3v) is 8.64. The molecule has 0 saturated heterocycles. The maximum Gasteiger partial charge on any atom is 0.277 e. The van der Waals surface area contributed by atoms with Crippen molar-refractivity contribution in [2.24, 2.45) is 0 Å². The third kappa shape index (κ3) is 5.03. The first-order valence-corrected chi connectivity index (χ1v) is 14.8. The second kappa shape index (κ2) is 11.6. The minimum Gasteiger partial charge on any atom is -0.299 e. The van der Waals surface area contributed by atoms with Crippen molar-refractivity contribution in [2.75, 3.05) is 4.90 Å². The van der Waals surface area contributed by atoms with Gasteiger partial charge in [-0.3, -0.25) is 29.9 Å². The Kier molecular flexibility index (Phi) is 7.57. The lowest BCUT2D eigenvalue weighted by Gasteiger charge is -2.43. The zero-order valence-corrected chi connectivity index (χ0v) is 25.6. The van der Waals surface area contributed by atoms with Crippen molar-refractivity contribution < 1.29 is 14.6 Å². The van der Waals surface area contributed by atoms with E-state index in [9.17, 15) is 25.0 Å². The molecule has 0 saturated carbocycles. The van der Waals surface area contributed by atoms with Crippen LogP contribution in [0.5, 0.6) is 0 Å². The molecule has 5 aromatic rings. The molecule has 6 rings (SSSR count). The second-order valence-electron chi connectivity index (χ2n) is 12.0. The molecule has 1 aliphatic heterocycles. The van der Waals surface area contributed by atoms with Crippen LogP contribution in [-0.2, 0) is 5.41 Å². The average Bonchev–Trinajstić information content (AvgIpc) is 3.06. The molecule has 0 fully saturated rings. The Hall–Kier alpha value is -5.89. The molecule has 0 aromatic heterocycles. The van der Waals surface area contributed by atoms with Crippen LogP contribution < -0.4 is 4.90 Å². The number of nitro groups is 2. The topological polar surface area (TPSA) is 107 Å². The summed E-state index contributed by atoms with van der Waals surface area (Å²) >= 11 is 0. The van der Waals surface area contributed by atoms with Crippen LogP contribution >= 0.6 is 0 Å². The van der Waals surface area contributed by atoms with E-state index in [1.165, 1.54) is 0 Å². The van der Waals surface area contributed by atoms with E-state index in [1.807, 2.05) is 93.6 Å². The van der Waals surface area contributed by atoms with Crippen molar-refractivity contribution in [1.29, 1.82) is 0 Å². The molecular formula is C38H31N3O5. The second-order valence-corrected chi connectivity index (χ2v) is 12.0. The fourth-order valence-electron chi connectivity index (χ4n) is 6.76. The monoisotopic (exact) mass is 609 g/mol. The summed E-state index contributed by atoms with van der Waals surface area (Å²) in [5.74, 6) is -0.574. The number of fused-ring (bicyclic) bond motifs is 1. The number of benzene rings is 5. The highest BCUT2D eigenvalue weighted by atomic mass is 16.6. The molecule has 1 aliphatic rings. The van der Waals surface area contributed by atoms with Crippen LogP contribution in [0.3, 0.4) is 0 Å². The van der Waals surface area contributed by atoms with Gasteiger partial charge in [0, 0.05) is 17.7 Å². The largest absolute Gasteiger partial charge is 0.299 e. The van der Waals surface area contributed by atoms with Gasteiger partial charge in [-0.05, 0) is 60.7 Å². The average molecular weight is 610 g/mol. The van der Waals surface area contributed by atoms with Crippen molar-refractivity contribution in [3.63, 3.8) is 0 Å². The number of allylic oxidation sites excluding steroid dienone is 1. The van der Waals surface area contributed by atoms with Gasteiger partial charge in [-0.1, -0.05) is 103 Å². The summed E-state index contributed by atoms with van der Waals surface area (Å²) in [5.41, 5.74) is 3.86. The lowest BCUT2D eigenvalue weighted by molar-refractivity contribution is -0.394. The van der Waals surface area contributed by atoms with E-state index in [0.29, 0.717) is 5.69 Å². The molecule has 8 heteroatoms. The maximum atomic E-state index is 14.2. The summed E-state index contributed by atoms with van der Waals surface area (Å²) in [4.78, 5) is 37.6. The number of carbonyl (C=O) groups excluding carboxylic acids is 1.